The summed E-state index contributed by atoms with van der Waals surface area (Å²) < 4.78 is 29.2. The molecule has 3 aromatic carbocycles. The van der Waals surface area contributed by atoms with Gasteiger partial charge in [-0.25, -0.2) is 8.78 Å². The molecule has 0 saturated heterocycles. The van der Waals surface area contributed by atoms with Crippen molar-refractivity contribution in [3.8, 4) is 0 Å². The summed E-state index contributed by atoms with van der Waals surface area (Å²) in [5, 5.41) is 1.37. The molecule has 0 saturated carbocycles. The Labute approximate surface area is 175 Å². The fourth-order valence-electron chi connectivity index (χ4n) is 3.21. The number of amides is 1. The topological polar surface area (TPSA) is 36.1 Å². The summed E-state index contributed by atoms with van der Waals surface area (Å²) in [4.78, 5) is 17.5. The number of nitrogens with zero attached hydrogens (tertiary/aromatic N) is 1. The van der Waals surface area contributed by atoms with Crippen molar-refractivity contribution in [2.75, 3.05) is 4.90 Å². The molecular formula is C22H14Cl2F2N2O. The quantitative estimate of drug-likeness (QED) is 0.388. The molecule has 0 fully saturated rings. The zero-order chi connectivity index (χ0) is 20.5. The Kier molecular flexibility index (Phi) is 5.26. The average Bonchev–Trinajstić information content (AvgIpc) is 3.12. The van der Waals surface area contributed by atoms with Gasteiger partial charge in [0.2, 0.25) is 0 Å². The Morgan fingerprint density at radius 2 is 1.69 bits per heavy atom. The molecule has 1 heterocycles. The summed E-state index contributed by atoms with van der Waals surface area (Å²) in [5.41, 5.74) is 1.11. The lowest BCUT2D eigenvalue weighted by atomic mass is 10.1. The summed E-state index contributed by atoms with van der Waals surface area (Å²) in [7, 11) is 0. The van der Waals surface area contributed by atoms with E-state index in [-0.39, 0.29) is 6.54 Å². The van der Waals surface area contributed by atoms with E-state index in [4.69, 9.17) is 23.2 Å². The molecule has 29 heavy (non-hydrogen) atoms. The largest absolute Gasteiger partial charge is 0.360 e. The first-order valence-corrected chi connectivity index (χ1v) is 9.47. The minimum absolute atomic E-state index is 0.133. The highest BCUT2D eigenvalue weighted by atomic mass is 35.5. The Morgan fingerprint density at radius 1 is 0.966 bits per heavy atom. The van der Waals surface area contributed by atoms with Gasteiger partial charge < -0.3 is 4.98 Å². The third-order valence-corrected chi connectivity index (χ3v) is 5.20. The fraction of sp³-hybridized carbons (Fsp3) is 0.0455. The van der Waals surface area contributed by atoms with Crippen molar-refractivity contribution in [2.24, 2.45) is 0 Å². The molecule has 4 rings (SSSR count). The monoisotopic (exact) mass is 430 g/mol. The molecule has 0 spiro atoms. The maximum atomic E-state index is 14.6. The van der Waals surface area contributed by atoms with E-state index in [2.05, 4.69) is 4.98 Å². The summed E-state index contributed by atoms with van der Waals surface area (Å²) in [6, 6.07) is 15.4. The van der Waals surface area contributed by atoms with Crippen LogP contribution >= 0.6 is 23.2 Å². The van der Waals surface area contributed by atoms with Crippen LogP contribution in [0.1, 0.15) is 15.9 Å². The van der Waals surface area contributed by atoms with Gasteiger partial charge in [-0.05, 0) is 35.9 Å². The number of carbonyl (C=O) groups is 1. The highest BCUT2D eigenvalue weighted by molar-refractivity contribution is 6.35. The number of anilines is 1. The molecule has 4 aromatic rings. The minimum Gasteiger partial charge on any atom is -0.360 e. The highest BCUT2D eigenvalue weighted by Crippen LogP contribution is 2.31. The van der Waals surface area contributed by atoms with Gasteiger partial charge in [0, 0.05) is 27.1 Å². The summed E-state index contributed by atoms with van der Waals surface area (Å²) >= 11 is 12.2. The van der Waals surface area contributed by atoms with Crippen molar-refractivity contribution in [1.29, 1.82) is 0 Å². The molecule has 0 radical (unpaired) electrons. The summed E-state index contributed by atoms with van der Waals surface area (Å²) in [6.07, 6.45) is 1.53. The lowest BCUT2D eigenvalue weighted by Crippen LogP contribution is -2.32. The molecule has 0 bridgehead atoms. The molecule has 146 valence electrons. The number of fused-ring (bicyclic) bond motifs is 1. The van der Waals surface area contributed by atoms with Crippen LogP contribution < -0.4 is 4.90 Å². The van der Waals surface area contributed by atoms with Crippen molar-refractivity contribution >= 4 is 45.7 Å². The minimum atomic E-state index is -0.844. The molecule has 1 amide bonds. The molecule has 1 aromatic heterocycles. The van der Waals surface area contributed by atoms with Gasteiger partial charge in [-0.2, -0.15) is 0 Å². The Balaban J connectivity index is 1.85. The van der Waals surface area contributed by atoms with Crippen molar-refractivity contribution in [1.82, 2.24) is 4.98 Å². The second-order valence-electron chi connectivity index (χ2n) is 6.45. The predicted octanol–water partition coefficient (Wildman–Crippen LogP) is 6.60. The maximum absolute atomic E-state index is 14.6. The first-order valence-electron chi connectivity index (χ1n) is 8.71. The van der Waals surface area contributed by atoms with Gasteiger partial charge in [-0.15, -0.1) is 0 Å². The van der Waals surface area contributed by atoms with Crippen LogP contribution in [0, 0.1) is 11.6 Å². The van der Waals surface area contributed by atoms with E-state index < -0.39 is 23.2 Å². The van der Waals surface area contributed by atoms with Crippen LogP contribution in [0.15, 0.2) is 66.9 Å². The van der Waals surface area contributed by atoms with E-state index in [1.54, 1.807) is 24.3 Å². The van der Waals surface area contributed by atoms with Gasteiger partial charge >= 0.3 is 0 Å². The van der Waals surface area contributed by atoms with Crippen molar-refractivity contribution in [2.45, 2.75) is 6.54 Å². The number of rotatable bonds is 4. The summed E-state index contributed by atoms with van der Waals surface area (Å²) in [6.45, 7) is -0.133. The highest BCUT2D eigenvalue weighted by Gasteiger charge is 2.26. The third kappa shape index (κ3) is 3.71. The molecule has 7 heteroatoms. The van der Waals surface area contributed by atoms with Crippen LogP contribution in [0.3, 0.4) is 0 Å². The number of aromatic amines is 1. The SMILES string of the molecule is O=C(c1c[nH]c2ccccc12)N(Cc1ccc(Cl)cc1Cl)c1c(F)cccc1F. The number of para-hydroxylation sites is 2. The normalized spacial score (nSPS) is 11.0. The molecule has 0 aliphatic rings. The number of carbonyl (C=O) groups excluding carboxylic acids is 1. The lowest BCUT2D eigenvalue weighted by molar-refractivity contribution is 0.0985. The number of hydrogen-bond donors (Lipinski definition) is 1. The predicted molar refractivity (Wildman–Crippen MR) is 112 cm³/mol. The molecule has 3 nitrogen and oxygen atoms in total. The van der Waals surface area contributed by atoms with E-state index in [0.29, 0.717) is 26.6 Å². The number of benzene rings is 3. The smallest absolute Gasteiger partial charge is 0.260 e. The van der Waals surface area contributed by atoms with E-state index in [1.165, 1.54) is 18.3 Å². The fourth-order valence-corrected chi connectivity index (χ4v) is 3.68. The number of halogens is 4. The van der Waals surface area contributed by atoms with Gasteiger partial charge in [0.05, 0.1) is 12.1 Å². The molecule has 0 atom stereocenters. The van der Waals surface area contributed by atoms with Crippen LogP contribution in [0.2, 0.25) is 10.0 Å². The van der Waals surface area contributed by atoms with E-state index in [9.17, 15) is 13.6 Å². The van der Waals surface area contributed by atoms with Gasteiger partial charge in [0.25, 0.3) is 5.91 Å². The zero-order valence-electron chi connectivity index (χ0n) is 14.9. The van der Waals surface area contributed by atoms with Crippen LogP contribution in [-0.2, 0) is 6.54 Å². The Morgan fingerprint density at radius 3 is 2.41 bits per heavy atom. The van der Waals surface area contributed by atoms with Crippen molar-refractivity contribution in [3.05, 3.63) is 99.7 Å². The van der Waals surface area contributed by atoms with Crippen molar-refractivity contribution < 1.29 is 13.6 Å². The number of hydrogen-bond acceptors (Lipinski definition) is 1. The molecule has 0 unspecified atom stereocenters. The Hall–Kier alpha value is -2.89. The van der Waals surface area contributed by atoms with Crippen LogP contribution in [0.25, 0.3) is 10.9 Å². The summed E-state index contributed by atoms with van der Waals surface area (Å²) in [5.74, 6) is -2.25. The van der Waals surface area contributed by atoms with Crippen LogP contribution in [-0.4, -0.2) is 10.9 Å². The third-order valence-electron chi connectivity index (χ3n) is 4.62. The number of aromatic nitrogens is 1. The van der Waals surface area contributed by atoms with Gasteiger partial charge in [0.1, 0.15) is 17.3 Å². The first kappa shape index (κ1) is 19.4. The first-order chi connectivity index (χ1) is 14.0. The van der Waals surface area contributed by atoms with E-state index in [0.717, 1.165) is 22.5 Å². The molecule has 0 aliphatic heterocycles. The van der Waals surface area contributed by atoms with Crippen LogP contribution in [0.4, 0.5) is 14.5 Å². The second kappa shape index (κ2) is 7.85. The van der Waals surface area contributed by atoms with E-state index >= 15 is 0 Å². The van der Waals surface area contributed by atoms with Gasteiger partial charge in [0.15, 0.2) is 0 Å². The zero-order valence-corrected chi connectivity index (χ0v) is 16.4. The Bertz CT molecular complexity index is 1200. The standard InChI is InChI=1S/C22H14Cl2F2N2O/c23-14-9-8-13(17(24)10-14)12-28(21-18(25)5-3-6-19(21)26)22(29)16-11-27-20-7-2-1-4-15(16)20/h1-11,27H,12H2. The van der Waals surface area contributed by atoms with Crippen molar-refractivity contribution in [3.63, 3.8) is 0 Å². The van der Waals surface area contributed by atoms with Gasteiger partial charge in [-0.1, -0.05) is 53.5 Å². The maximum Gasteiger partial charge on any atom is 0.260 e. The lowest BCUT2D eigenvalue weighted by Gasteiger charge is -2.24. The number of H-pyrrole nitrogens is 1. The molecule has 1 N–H and O–H groups in total. The number of nitrogens with one attached hydrogen (secondary N) is 1. The molecule has 0 aliphatic carbocycles. The second-order valence-corrected chi connectivity index (χ2v) is 7.29. The average molecular weight is 431 g/mol. The van der Waals surface area contributed by atoms with Crippen LogP contribution in [0.5, 0.6) is 0 Å². The van der Waals surface area contributed by atoms with E-state index in [1.807, 2.05) is 12.1 Å². The molecular weight excluding hydrogens is 417 g/mol. The van der Waals surface area contributed by atoms with Gasteiger partial charge in [-0.3, -0.25) is 9.69 Å².